The molecule has 5 heterocycles. The number of nitrogens with zero attached hydrogens (tertiary/aromatic N) is 2. The van der Waals surface area contributed by atoms with Crippen molar-refractivity contribution in [1.82, 2.24) is 4.90 Å². The monoisotopic (exact) mass is 248 g/mol. The zero-order valence-electron chi connectivity index (χ0n) is 10.2. The van der Waals surface area contributed by atoms with E-state index >= 15 is 0 Å². The minimum Gasteiger partial charge on any atom is -0.448 e. The summed E-state index contributed by atoms with van der Waals surface area (Å²) in [5, 5.41) is 0. The van der Waals surface area contributed by atoms with Crippen LogP contribution in [0.25, 0.3) is 0 Å². The largest absolute Gasteiger partial charge is 0.448 e. The minimum atomic E-state index is -0.305. The number of hydrogen-bond acceptors (Lipinski definition) is 4. The van der Waals surface area contributed by atoms with E-state index in [0.717, 1.165) is 32.5 Å². The standard InChI is InChI=1S/C13H16N2O3/c16-12-15(11-2-1-7-17-11)9-13(18-12)8-14-5-3-10(13)4-6-14/h1-2,7,10H,3-6,8-9H2/t13-/m0/s1. The van der Waals surface area contributed by atoms with Gasteiger partial charge in [-0.1, -0.05) is 0 Å². The second-order valence-corrected chi connectivity index (χ2v) is 5.52. The molecule has 4 saturated heterocycles. The van der Waals surface area contributed by atoms with Gasteiger partial charge in [0, 0.05) is 18.5 Å². The quantitative estimate of drug-likeness (QED) is 0.759. The molecule has 5 nitrogen and oxygen atoms in total. The number of amides is 1. The highest BCUT2D eigenvalue weighted by molar-refractivity contribution is 5.88. The number of hydrogen-bond donors (Lipinski definition) is 0. The lowest BCUT2D eigenvalue weighted by Gasteiger charge is -2.49. The fourth-order valence-electron chi connectivity index (χ4n) is 3.60. The zero-order chi connectivity index (χ0) is 12.2. The number of ether oxygens (including phenoxy) is 1. The Morgan fingerprint density at radius 3 is 2.72 bits per heavy atom. The molecule has 1 amide bonds. The highest BCUT2D eigenvalue weighted by Crippen LogP contribution is 2.43. The van der Waals surface area contributed by atoms with Crippen LogP contribution in [-0.2, 0) is 4.74 Å². The van der Waals surface area contributed by atoms with Gasteiger partial charge in [-0.05, 0) is 32.0 Å². The predicted molar refractivity (Wildman–Crippen MR) is 64.4 cm³/mol. The molecule has 0 radical (unpaired) electrons. The van der Waals surface area contributed by atoms with E-state index in [9.17, 15) is 4.79 Å². The third-order valence-corrected chi connectivity index (χ3v) is 4.53. The maximum atomic E-state index is 12.0. The van der Waals surface area contributed by atoms with Gasteiger partial charge in [0.05, 0.1) is 12.8 Å². The lowest BCUT2D eigenvalue weighted by atomic mass is 9.75. The average molecular weight is 248 g/mol. The summed E-state index contributed by atoms with van der Waals surface area (Å²) in [6.07, 6.45) is 3.60. The maximum Gasteiger partial charge on any atom is 0.417 e. The molecule has 4 aliphatic rings. The molecular weight excluding hydrogens is 232 g/mol. The Bertz CT molecular complexity index is 465. The van der Waals surface area contributed by atoms with Gasteiger partial charge in [-0.15, -0.1) is 0 Å². The summed E-state index contributed by atoms with van der Waals surface area (Å²) in [7, 11) is 0. The Kier molecular flexibility index (Phi) is 2.03. The second kappa shape index (κ2) is 3.51. The van der Waals surface area contributed by atoms with Crippen molar-refractivity contribution in [3.63, 3.8) is 0 Å². The molecule has 0 N–H and O–H groups in total. The molecule has 96 valence electrons. The van der Waals surface area contributed by atoms with Crippen molar-refractivity contribution in [3.8, 4) is 0 Å². The second-order valence-electron chi connectivity index (χ2n) is 5.52. The van der Waals surface area contributed by atoms with Gasteiger partial charge in [-0.3, -0.25) is 4.90 Å². The Morgan fingerprint density at radius 2 is 2.11 bits per heavy atom. The molecule has 0 unspecified atom stereocenters. The molecule has 0 aromatic carbocycles. The Labute approximate surface area is 105 Å². The van der Waals surface area contributed by atoms with E-state index in [4.69, 9.17) is 9.15 Å². The molecule has 5 rings (SSSR count). The first-order valence-electron chi connectivity index (χ1n) is 6.53. The molecule has 1 atom stereocenters. The van der Waals surface area contributed by atoms with E-state index in [1.807, 2.05) is 6.07 Å². The van der Waals surface area contributed by atoms with E-state index in [0.29, 0.717) is 18.3 Å². The minimum absolute atomic E-state index is 0.265. The first-order valence-corrected chi connectivity index (χ1v) is 6.53. The molecule has 4 fully saturated rings. The van der Waals surface area contributed by atoms with Gasteiger partial charge in [0.2, 0.25) is 5.88 Å². The first kappa shape index (κ1) is 10.4. The van der Waals surface area contributed by atoms with Gasteiger partial charge in [-0.25, -0.2) is 9.69 Å². The van der Waals surface area contributed by atoms with Gasteiger partial charge in [0.15, 0.2) is 0 Å². The van der Waals surface area contributed by atoms with Gasteiger partial charge >= 0.3 is 6.09 Å². The third kappa shape index (κ3) is 1.34. The van der Waals surface area contributed by atoms with Gasteiger partial charge in [0.1, 0.15) is 5.60 Å². The summed E-state index contributed by atoms with van der Waals surface area (Å²) >= 11 is 0. The molecule has 1 spiro atoms. The van der Waals surface area contributed by atoms with Crippen LogP contribution >= 0.6 is 0 Å². The van der Waals surface area contributed by atoms with E-state index < -0.39 is 0 Å². The van der Waals surface area contributed by atoms with Crippen LogP contribution in [-0.4, -0.2) is 42.8 Å². The summed E-state index contributed by atoms with van der Waals surface area (Å²) < 4.78 is 11.1. The van der Waals surface area contributed by atoms with Crippen LogP contribution in [0.1, 0.15) is 12.8 Å². The number of furan rings is 1. The van der Waals surface area contributed by atoms with Crippen LogP contribution in [0.5, 0.6) is 0 Å². The first-order chi connectivity index (χ1) is 8.77. The van der Waals surface area contributed by atoms with Crippen molar-refractivity contribution in [3.05, 3.63) is 18.4 Å². The molecule has 1 aromatic rings. The molecular formula is C13H16N2O3. The number of anilines is 1. The summed E-state index contributed by atoms with van der Waals surface area (Å²) in [5.74, 6) is 1.10. The number of rotatable bonds is 1. The number of piperidine rings is 3. The molecule has 18 heavy (non-hydrogen) atoms. The van der Waals surface area contributed by atoms with Crippen molar-refractivity contribution in [2.24, 2.45) is 5.92 Å². The van der Waals surface area contributed by atoms with Gasteiger partial charge < -0.3 is 9.15 Å². The molecule has 4 aliphatic heterocycles. The van der Waals surface area contributed by atoms with Crippen molar-refractivity contribution in [2.75, 3.05) is 31.1 Å². The Morgan fingerprint density at radius 1 is 1.28 bits per heavy atom. The lowest BCUT2D eigenvalue weighted by molar-refractivity contribution is -0.0881. The predicted octanol–water partition coefficient (Wildman–Crippen LogP) is 1.70. The van der Waals surface area contributed by atoms with Crippen molar-refractivity contribution >= 4 is 12.0 Å². The van der Waals surface area contributed by atoms with E-state index in [1.165, 1.54) is 0 Å². The van der Waals surface area contributed by atoms with E-state index in [-0.39, 0.29) is 11.7 Å². The Hall–Kier alpha value is -1.49. The van der Waals surface area contributed by atoms with Crippen molar-refractivity contribution in [2.45, 2.75) is 18.4 Å². The van der Waals surface area contributed by atoms with E-state index in [2.05, 4.69) is 4.90 Å². The number of carbonyl (C=O) groups is 1. The van der Waals surface area contributed by atoms with Crippen LogP contribution in [0.4, 0.5) is 10.7 Å². The summed E-state index contributed by atoms with van der Waals surface area (Å²) in [5.41, 5.74) is -0.305. The Balaban J connectivity index is 1.64. The van der Waals surface area contributed by atoms with E-state index in [1.54, 1.807) is 17.2 Å². The fraction of sp³-hybridized carbons (Fsp3) is 0.615. The molecule has 0 aliphatic carbocycles. The third-order valence-electron chi connectivity index (χ3n) is 4.53. The highest BCUT2D eigenvalue weighted by Gasteiger charge is 2.56. The number of fused-ring (bicyclic) bond motifs is 2. The summed E-state index contributed by atoms with van der Waals surface area (Å²) in [4.78, 5) is 16.1. The molecule has 5 heteroatoms. The lowest BCUT2D eigenvalue weighted by Crippen LogP contribution is -2.61. The molecule has 2 bridgehead atoms. The maximum absolute atomic E-state index is 12.0. The zero-order valence-corrected chi connectivity index (χ0v) is 10.2. The molecule has 0 saturated carbocycles. The van der Waals surface area contributed by atoms with Crippen LogP contribution < -0.4 is 4.90 Å². The summed E-state index contributed by atoms with van der Waals surface area (Å²) in [6.45, 7) is 3.79. The number of carbonyl (C=O) groups excluding carboxylic acids is 1. The topological polar surface area (TPSA) is 45.9 Å². The smallest absolute Gasteiger partial charge is 0.417 e. The van der Waals surface area contributed by atoms with Crippen LogP contribution in [0.15, 0.2) is 22.8 Å². The van der Waals surface area contributed by atoms with Gasteiger partial charge in [-0.2, -0.15) is 0 Å². The molecule has 1 aromatic heterocycles. The fourth-order valence-corrected chi connectivity index (χ4v) is 3.60. The van der Waals surface area contributed by atoms with Crippen LogP contribution in [0.3, 0.4) is 0 Å². The van der Waals surface area contributed by atoms with Crippen molar-refractivity contribution in [1.29, 1.82) is 0 Å². The van der Waals surface area contributed by atoms with Gasteiger partial charge in [0.25, 0.3) is 0 Å². The van der Waals surface area contributed by atoms with Crippen molar-refractivity contribution < 1.29 is 13.9 Å². The average Bonchev–Trinajstić information content (AvgIpc) is 2.99. The summed E-state index contributed by atoms with van der Waals surface area (Å²) in [6, 6.07) is 3.60. The SMILES string of the molecule is O=C1O[C@@]2(CN3CCC2CC3)CN1c1ccco1. The highest BCUT2D eigenvalue weighted by atomic mass is 16.6. The normalized spacial score (nSPS) is 38.4. The van der Waals surface area contributed by atoms with Crippen LogP contribution in [0, 0.1) is 5.92 Å². The van der Waals surface area contributed by atoms with Crippen LogP contribution in [0.2, 0.25) is 0 Å².